The van der Waals surface area contributed by atoms with E-state index in [0.717, 1.165) is 37.0 Å². The average molecular weight is 257 g/mol. The molecule has 4 nitrogen and oxygen atoms in total. The molecule has 0 aliphatic rings. The summed E-state index contributed by atoms with van der Waals surface area (Å²) in [4.78, 5) is 22.8. The first-order valence-corrected chi connectivity index (χ1v) is 6.76. The summed E-state index contributed by atoms with van der Waals surface area (Å²) in [5.74, 6) is 0.0799. The summed E-state index contributed by atoms with van der Waals surface area (Å²) >= 11 is 0. The zero-order chi connectivity index (χ0) is 13.7. The monoisotopic (exact) mass is 257 g/mol. The first kappa shape index (κ1) is 13.5. The molecule has 2 rings (SSSR count). The molecule has 0 fully saturated rings. The molecule has 0 N–H and O–H groups in total. The molecule has 0 bridgehead atoms. The predicted molar refractivity (Wildman–Crippen MR) is 76.0 cm³/mol. The molecule has 0 saturated heterocycles. The molecule has 0 atom stereocenters. The lowest BCUT2D eigenvalue weighted by atomic mass is 10.1. The predicted octanol–water partition coefficient (Wildman–Crippen LogP) is 2.89. The van der Waals surface area contributed by atoms with E-state index in [1.54, 1.807) is 12.4 Å². The van der Waals surface area contributed by atoms with Gasteiger partial charge in [-0.1, -0.05) is 13.8 Å². The number of benzene rings is 1. The third-order valence-electron chi connectivity index (χ3n) is 2.99. The fourth-order valence-corrected chi connectivity index (χ4v) is 2.13. The highest BCUT2D eigenvalue weighted by Crippen LogP contribution is 2.13. The number of hydrogen-bond acceptors (Lipinski definition) is 3. The van der Waals surface area contributed by atoms with Crippen LogP contribution in [0.15, 0.2) is 30.6 Å². The Balaban J connectivity index is 2.29. The standard InChI is InChI=1S/C15H19N3O/c1-3-9-18(10-4-2)15(19)12-5-6-13-14(11-12)17-8-7-16-13/h5-8,11H,3-4,9-10H2,1-2H3. The summed E-state index contributed by atoms with van der Waals surface area (Å²) in [5, 5.41) is 0. The van der Waals surface area contributed by atoms with E-state index in [2.05, 4.69) is 23.8 Å². The van der Waals surface area contributed by atoms with E-state index in [1.165, 1.54) is 0 Å². The minimum Gasteiger partial charge on any atom is -0.339 e. The van der Waals surface area contributed by atoms with Crippen molar-refractivity contribution >= 4 is 16.9 Å². The summed E-state index contributed by atoms with van der Waals surface area (Å²) in [7, 11) is 0. The van der Waals surface area contributed by atoms with Gasteiger partial charge in [-0.15, -0.1) is 0 Å². The van der Waals surface area contributed by atoms with Crippen LogP contribution in [-0.2, 0) is 0 Å². The first-order chi connectivity index (χ1) is 9.26. The Labute approximate surface area is 113 Å². The second kappa shape index (κ2) is 6.27. The SMILES string of the molecule is CCCN(CCC)C(=O)c1ccc2nccnc2c1. The third kappa shape index (κ3) is 3.08. The van der Waals surface area contributed by atoms with Gasteiger partial charge in [0.05, 0.1) is 11.0 Å². The maximum atomic E-state index is 12.4. The highest BCUT2D eigenvalue weighted by Gasteiger charge is 2.14. The number of hydrogen-bond donors (Lipinski definition) is 0. The molecule has 0 spiro atoms. The van der Waals surface area contributed by atoms with Gasteiger partial charge >= 0.3 is 0 Å². The number of nitrogens with zero attached hydrogens (tertiary/aromatic N) is 3. The van der Waals surface area contributed by atoms with Gasteiger partial charge in [0.2, 0.25) is 0 Å². The zero-order valence-electron chi connectivity index (χ0n) is 11.5. The number of carbonyl (C=O) groups is 1. The van der Waals surface area contributed by atoms with Crippen molar-refractivity contribution in [3.8, 4) is 0 Å². The van der Waals surface area contributed by atoms with Crippen molar-refractivity contribution in [2.45, 2.75) is 26.7 Å². The number of aromatic nitrogens is 2. The molecule has 4 heteroatoms. The van der Waals surface area contributed by atoms with Crippen molar-refractivity contribution in [2.24, 2.45) is 0 Å². The Morgan fingerprint density at radius 2 is 1.68 bits per heavy atom. The third-order valence-corrected chi connectivity index (χ3v) is 2.99. The summed E-state index contributed by atoms with van der Waals surface area (Å²) < 4.78 is 0. The quantitative estimate of drug-likeness (QED) is 0.827. The summed E-state index contributed by atoms with van der Waals surface area (Å²) in [6.07, 6.45) is 5.25. The lowest BCUT2D eigenvalue weighted by Gasteiger charge is -2.21. The molecule has 2 aromatic rings. The van der Waals surface area contributed by atoms with E-state index >= 15 is 0 Å². The van der Waals surface area contributed by atoms with Crippen molar-refractivity contribution in [1.82, 2.24) is 14.9 Å². The lowest BCUT2D eigenvalue weighted by Crippen LogP contribution is -2.32. The van der Waals surface area contributed by atoms with Crippen LogP contribution in [0.4, 0.5) is 0 Å². The van der Waals surface area contributed by atoms with Crippen LogP contribution in [0.5, 0.6) is 0 Å². The Hall–Kier alpha value is -1.97. The second-order valence-electron chi connectivity index (χ2n) is 4.55. The molecule has 0 aliphatic carbocycles. The number of fused-ring (bicyclic) bond motifs is 1. The van der Waals surface area contributed by atoms with E-state index in [4.69, 9.17) is 0 Å². The largest absolute Gasteiger partial charge is 0.339 e. The van der Waals surface area contributed by atoms with Crippen LogP contribution in [0, 0.1) is 0 Å². The van der Waals surface area contributed by atoms with Crippen LogP contribution in [0.3, 0.4) is 0 Å². The molecule has 1 aromatic carbocycles. The van der Waals surface area contributed by atoms with E-state index in [1.807, 2.05) is 23.1 Å². The molecular formula is C15H19N3O. The van der Waals surface area contributed by atoms with Crippen molar-refractivity contribution in [1.29, 1.82) is 0 Å². The maximum absolute atomic E-state index is 12.4. The number of carbonyl (C=O) groups excluding carboxylic acids is 1. The first-order valence-electron chi connectivity index (χ1n) is 6.76. The van der Waals surface area contributed by atoms with Gasteiger partial charge in [0.1, 0.15) is 0 Å². The Morgan fingerprint density at radius 3 is 2.32 bits per heavy atom. The van der Waals surface area contributed by atoms with Crippen LogP contribution >= 0.6 is 0 Å². The molecule has 1 aromatic heterocycles. The van der Waals surface area contributed by atoms with Gasteiger partial charge in [-0.3, -0.25) is 14.8 Å². The smallest absolute Gasteiger partial charge is 0.253 e. The number of amides is 1. The van der Waals surface area contributed by atoms with Crippen LogP contribution in [0.2, 0.25) is 0 Å². The van der Waals surface area contributed by atoms with Gasteiger partial charge in [-0.05, 0) is 31.0 Å². The Morgan fingerprint density at radius 1 is 1.05 bits per heavy atom. The van der Waals surface area contributed by atoms with E-state index in [0.29, 0.717) is 5.56 Å². The minimum absolute atomic E-state index is 0.0799. The topological polar surface area (TPSA) is 46.1 Å². The highest BCUT2D eigenvalue weighted by atomic mass is 16.2. The van der Waals surface area contributed by atoms with Crippen LogP contribution in [0.1, 0.15) is 37.0 Å². The minimum atomic E-state index is 0.0799. The van der Waals surface area contributed by atoms with Gasteiger partial charge in [0, 0.05) is 31.0 Å². The maximum Gasteiger partial charge on any atom is 0.253 e. The second-order valence-corrected chi connectivity index (χ2v) is 4.55. The zero-order valence-corrected chi connectivity index (χ0v) is 11.5. The van der Waals surface area contributed by atoms with Gasteiger partial charge in [-0.25, -0.2) is 0 Å². The Kier molecular flexibility index (Phi) is 4.44. The van der Waals surface area contributed by atoms with Crippen LogP contribution in [0.25, 0.3) is 11.0 Å². The van der Waals surface area contributed by atoms with Crippen molar-refractivity contribution < 1.29 is 4.79 Å². The molecule has 1 heterocycles. The van der Waals surface area contributed by atoms with Gasteiger partial charge in [0.25, 0.3) is 5.91 Å². The van der Waals surface area contributed by atoms with Gasteiger partial charge < -0.3 is 4.90 Å². The van der Waals surface area contributed by atoms with E-state index in [9.17, 15) is 4.79 Å². The van der Waals surface area contributed by atoms with Crippen LogP contribution < -0.4 is 0 Å². The molecular weight excluding hydrogens is 238 g/mol. The molecule has 1 amide bonds. The highest BCUT2D eigenvalue weighted by molar-refractivity contribution is 5.97. The molecule has 0 aliphatic heterocycles. The van der Waals surface area contributed by atoms with Gasteiger partial charge in [-0.2, -0.15) is 0 Å². The lowest BCUT2D eigenvalue weighted by molar-refractivity contribution is 0.0755. The molecule has 0 unspecified atom stereocenters. The fraction of sp³-hybridized carbons (Fsp3) is 0.400. The van der Waals surface area contributed by atoms with Crippen molar-refractivity contribution in [3.05, 3.63) is 36.2 Å². The molecule has 19 heavy (non-hydrogen) atoms. The normalized spacial score (nSPS) is 10.6. The van der Waals surface area contributed by atoms with Gasteiger partial charge in [0.15, 0.2) is 0 Å². The van der Waals surface area contributed by atoms with Crippen molar-refractivity contribution in [2.75, 3.05) is 13.1 Å². The average Bonchev–Trinajstić information content (AvgIpc) is 2.46. The molecule has 0 radical (unpaired) electrons. The summed E-state index contributed by atoms with van der Waals surface area (Å²) in [6, 6.07) is 5.51. The van der Waals surface area contributed by atoms with E-state index < -0.39 is 0 Å². The van der Waals surface area contributed by atoms with E-state index in [-0.39, 0.29) is 5.91 Å². The summed E-state index contributed by atoms with van der Waals surface area (Å²) in [5.41, 5.74) is 2.27. The number of rotatable bonds is 5. The van der Waals surface area contributed by atoms with Crippen LogP contribution in [-0.4, -0.2) is 33.9 Å². The van der Waals surface area contributed by atoms with Crippen molar-refractivity contribution in [3.63, 3.8) is 0 Å². The molecule has 0 saturated carbocycles. The summed E-state index contributed by atoms with van der Waals surface area (Å²) in [6.45, 7) is 5.76. The molecule has 100 valence electrons. The fourth-order valence-electron chi connectivity index (χ4n) is 2.13. The Bertz CT molecular complexity index is 562.